The molecule has 0 aromatic carbocycles. The molecule has 0 spiro atoms. The van der Waals surface area contributed by atoms with E-state index in [4.69, 9.17) is 5.11 Å². The molecule has 0 radical (unpaired) electrons. The van der Waals surface area contributed by atoms with E-state index < -0.39 is 0 Å². The van der Waals surface area contributed by atoms with Gasteiger partial charge >= 0.3 is 0 Å². The maximum atomic E-state index is 11.3. The van der Waals surface area contributed by atoms with Gasteiger partial charge in [0, 0.05) is 12.5 Å². The Morgan fingerprint density at radius 3 is 2.69 bits per heavy atom. The monoisotopic (exact) mass is 187 g/mol. The first-order chi connectivity index (χ1) is 6.22. The number of carbonyl (C=O) groups excluding carboxylic acids is 1. The second kappa shape index (κ2) is 8.05. The number of hydrogen-bond acceptors (Lipinski definition) is 2. The van der Waals surface area contributed by atoms with E-state index in [1.807, 2.05) is 6.92 Å². The summed E-state index contributed by atoms with van der Waals surface area (Å²) < 4.78 is 0. The fraction of sp³-hybridized carbons (Fsp3) is 0.900. The minimum absolute atomic E-state index is 0.0212. The largest absolute Gasteiger partial charge is 0.395 e. The third-order valence-electron chi connectivity index (χ3n) is 2.10. The molecule has 0 heterocycles. The lowest BCUT2D eigenvalue weighted by molar-refractivity contribution is -0.124. The fourth-order valence-corrected chi connectivity index (χ4v) is 1.18. The van der Waals surface area contributed by atoms with Crippen LogP contribution in [-0.2, 0) is 4.79 Å². The van der Waals surface area contributed by atoms with Gasteiger partial charge in [-0.05, 0) is 6.42 Å². The van der Waals surface area contributed by atoms with Crippen molar-refractivity contribution >= 4 is 5.91 Å². The number of nitrogens with one attached hydrogen (secondary N) is 1. The molecular weight excluding hydrogens is 166 g/mol. The summed E-state index contributed by atoms with van der Waals surface area (Å²) in [6.45, 7) is 4.48. The Balaban J connectivity index is 3.45. The molecule has 13 heavy (non-hydrogen) atoms. The van der Waals surface area contributed by atoms with Gasteiger partial charge in [-0.3, -0.25) is 4.79 Å². The highest BCUT2D eigenvalue weighted by Gasteiger charge is 2.10. The van der Waals surface area contributed by atoms with Crippen LogP contribution in [0, 0.1) is 5.92 Å². The van der Waals surface area contributed by atoms with Gasteiger partial charge in [0.2, 0.25) is 5.91 Å². The lowest BCUT2D eigenvalue weighted by Crippen LogP contribution is -2.31. The van der Waals surface area contributed by atoms with Crippen molar-refractivity contribution in [3.05, 3.63) is 0 Å². The SMILES string of the molecule is CCCCCC(C)C(=O)NCCO. The Morgan fingerprint density at radius 2 is 2.15 bits per heavy atom. The minimum atomic E-state index is 0.0212. The second-order valence-corrected chi connectivity index (χ2v) is 3.41. The Morgan fingerprint density at radius 1 is 1.46 bits per heavy atom. The van der Waals surface area contributed by atoms with E-state index in [9.17, 15) is 4.79 Å². The average Bonchev–Trinajstić information content (AvgIpc) is 2.14. The van der Waals surface area contributed by atoms with Crippen molar-refractivity contribution in [2.75, 3.05) is 13.2 Å². The van der Waals surface area contributed by atoms with Gasteiger partial charge in [0.05, 0.1) is 6.61 Å². The first kappa shape index (κ1) is 12.4. The molecule has 0 fully saturated rings. The van der Waals surface area contributed by atoms with E-state index in [1.54, 1.807) is 0 Å². The summed E-state index contributed by atoms with van der Waals surface area (Å²) in [6, 6.07) is 0. The van der Waals surface area contributed by atoms with Crippen molar-refractivity contribution in [2.45, 2.75) is 39.5 Å². The summed E-state index contributed by atoms with van der Waals surface area (Å²) >= 11 is 0. The smallest absolute Gasteiger partial charge is 0.222 e. The van der Waals surface area contributed by atoms with Crippen LogP contribution >= 0.6 is 0 Å². The van der Waals surface area contributed by atoms with Crippen LogP contribution in [0.2, 0.25) is 0 Å². The van der Waals surface area contributed by atoms with E-state index in [2.05, 4.69) is 12.2 Å². The van der Waals surface area contributed by atoms with Gasteiger partial charge in [-0.2, -0.15) is 0 Å². The Hall–Kier alpha value is -0.570. The predicted octanol–water partition coefficient (Wildman–Crippen LogP) is 1.31. The fourth-order valence-electron chi connectivity index (χ4n) is 1.18. The molecule has 78 valence electrons. The lowest BCUT2D eigenvalue weighted by Gasteiger charge is -2.10. The molecule has 1 unspecified atom stereocenters. The van der Waals surface area contributed by atoms with Crippen LogP contribution in [0.5, 0.6) is 0 Å². The average molecular weight is 187 g/mol. The summed E-state index contributed by atoms with van der Waals surface area (Å²) in [5.74, 6) is 0.142. The first-order valence-electron chi connectivity index (χ1n) is 5.11. The van der Waals surface area contributed by atoms with Crippen LogP contribution in [0.1, 0.15) is 39.5 Å². The topological polar surface area (TPSA) is 49.3 Å². The Labute approximate surface area is 80.5 Å². The summed E-state index contributed by atoms with van der Waals surface area (Å²) in [5, 5.41) is 11.2. The molecule has 1 amide bonds. The highest BCUT2D eigenvalue weighted by Crippen LogP contribution is 2.08. The third kappa shape index (κ3) is 6.58. The zero-order valence-corrected chi connectivity index (χ0v) is 8.68. The standard InChI is InChI=1S/C10H21NO2/c1-3-4-5-6-9(2)10(13)11-7-8-12/h9,12H,3-8H2,1-2H3,(H,11,13). The Bertz CT molecular complexity index is 137. The number of unbranched alkanes of at least 4 members (excludes halogenated alkanes) is 2. The molecule has 0 saturated heterocycles. The summed E-state index contributed by atoms with van der Waals surface area (Å²) in [4.78, 5) is 11.3. The molecule has 0 aliphatic carbocycles. The lowest BCUT2D eigenvalue weighted by atomic mass is 10.0. The number of amides is 1. The zero-order valence-electron chi connectivity index (χ0n) is 8.68. The maximum Gasteiger partial charge on any atom is 0.222 e. The molecular formula is C10H21NO2. The van der Waals surface area contributed by atoms with Crippen LogP contribution in [0.25, 0.3) is 0 Å². The van der Waals surface area contributed by atoms with Crippen LogP contribution in [-0.4, -0.2) is 24.2 Å². The van der Waals surface area contributed by atoms with Gasteiger partial charge in [0.1, 0.15) is 0 Å². The summed E-state index contributed by atoms with van der Waals surface area (Å²) in [5.41, 5.74) is 0. The minimum Gasteiger partial charge on any atom is -0.395 e. The molecule has 0 aliphatic heterocycles. The number of hydrogen-bond donors (Lipinski definition) is 2. The number of carbonyl (C=O) groups is 1. The highest BCUT2D eigenvalue weighted by molar-refractivity contribution is 5.78. The van der Waals surface area contributed by atoms with E-state index in [-0.39, 0.29) is 18.4 Å². The number of aliphatic hydroxyl groups is 1. The van der Waals surface area contributed by atoms with E-state index in [0.717, 1.165) is 12.8 Å². The molecule has 0 bridgehead atoms. The van der Waals surface area contributed by atoms with Gasteiger partial charge < -0.3 is 10.4 Å². The second-order valence-electron chi connectivity index (χ2n) is 3.41. The molecule has 1 atom stereocenters. The van der Waals surface area contributed by atoms with Crippen LogP contribution in [0.3, 0.4) is 0 Å². The first-order valence-corrected chi connectivity index (χ1v) is 5.11. The van der Waals surface area contributed by atoms with Gasteiger partial charge in [-0.1, -0.05) is 33.1 Å². The third-order valence-corrected chi connectivity index (χ3v) is 2.10. The van der Waals surface area contributed by atoms with Gasteiger partial charge in [0.25, 0.3) is 0 Å². The van der Waals surface area contributed by atoms with Crippen LogP contribution in [0.15, 0.2) is 0 Å². The summed E-state index contributed by atoms with van der Waals surface area (Å²) in [6.07, 6.45) is 4.44. The molecule has 0 aromatic heterocycles. The molecule has 0 aliphatic rings. The van der Waals surface area contributed by atoms with Crippen molar-refractivity contribution in [3.63, 3.8) is 0 Å². The molecule has 0 aromatic rings. The quantitative estimate of drug-likeness (QED) is 0.590. The van der Waals surface area contributed by atoms with E-state index >= 15 is 0 Å². The van der Waals surface area contributed by atoms with Crippen molar-refractivity contribution in [1.29, 1.82) is 0 Å². The van der Waals surface area contributed by atoms with Crippen LogP contribution in [0.4, 0.5) is 0 Å². The molecule has 0 rings (SSSR count). The van der Waals surface area contributed by atoms with Gasteiger partial charge in [0.15, 0.2) is 0 Å². The van der Waals surface area contributed by atoms with Gasteiger partial charge in [-0.25, -0.2) is 0 Å². The van der Waals surface area contributed by atoms with Crippen molar-refractivity contribution in [2.24, 2.45) is 5.92 Å². The Kier molecular flexibility index (Phi) is 7.69. The van der Waals surface area contributed by atoms with Crippen molar-refractivity contribution < 1.29 is 9.90 Å². The highest BCUT2D eigenvalue weighted by atomic mass is 16.3. The number of aliphatic hydroxyl groups excluding tert-OH is 1. The van der Waals surface area contributed by atoms with Crippen LogP contribution < -0.4 is 5.32 Å². The molecule has 0 saturated carbocycles. The predicted molar refractivity (Wildman–Crippen MR) is 53.4 cm³/mol. The molecule has 3 nitrogen and oxygen atoms in total. The van der Waals surface area contributed by atoms with E-state index in [1.165, 1.54) is 12.8 Å². The molecule has 2 N–H and O–H groups in total. The van der Waals surface area contributed by atoms with Gasteiger partial charge in [-0.15, -0.1) is 0 Å². The maximum absolute atomic E-state index is 11.3. The van der Waals surface area contributed by atoms with Crippen molar-refractivity contribution in [1.82, 2.24) is 5.32 Å². The van der Waals surface area contributed by atoms with E-state index in [0.29, 0.717) is 6.54 Å². The van der Waals surface area contributed by atoms with Crippen molar-refractivity contribution in [3.8, 4) is 0 Å². The normalized spacial score (nSPS) is 12.5. The summed E-state index contributed by atoms with van der Waals surface area (Å²) in [7, 11) is 0. The number of rotatable bonds is 7. The molecule has 3 heteroatoms. The zero-order chi connectivity index (χ0) is 10.1.